The third-order valence-electron chi connectivity index (χ3n) is 8.10. The maximum atomic E-state index is 11.8. The fourth-order valence-electron chi connectivity index (χ4n) is 5.69. The van der Waals surface area contributed by atoms with Crippen molar-refractivity contribution in [2.75, 3.05) is 0 Å². The Kier molecular flexibility index (Phi) is 13.1. The van der Waals surface area contributed by atoms with Crippen LogP contribution in [0.1, 0.15) is 134 Å². The van der Waals surface area contributed by atoms with Gasteiger partial charge in [-0.2, -0.15) is 0 Å². The van der Waals surface area contributed by atoms with E-state index >= 15 is 0 Å². The zero-order chi connectivity index (χ0) is 25.4. The van der Waals surface area contributed by atoms with Crippen molar-refractivity contribution in [1.29, 1.82) is 0 Å². The van der Waals surface area contributed by atoms with Gasteiger partial charge in [0.05, 0.1) is 0 Å². The molecule has 2 aromatic carbocycles. The van der Waals surface area contributed by atoms with Crippen LogP contribution in [0.2, 0.25) is 0 Å². The van der Waals surface area contributed by atoms with E-state index in [2.05, 4.69) is 50.2 Å². The number of ether oxygens (including phenoxy) is 1. The molecule has 0 bridgehead atoms. The minimum absolute atomic E-state index is 0.142. The molecule has 2 nitrogen and oxygen atoms in total. The van der Waals surface area contributed by atoms with Crippen molar-refractivity contribution in [2.45, 2.75) is 129 Å². The number of hydrogen-bond donors (Lipinski definition) is 0. The largest absolute Gasteiger partial charge is 0.427 e. The molecule has 1 aliphatic rings. The van der Waals surface area contributed by atoms with Gasteiger partial charge in [0.1, 0.15) is 5.75 Å². The minimum atomic E-state index is -0.142. The van der Waals surface area contributed by atoms with Gasteiger partial charge in [0.15, 0.2) is 0 Å². The summed E-state index contributed by atoms with van der Waals surface area (Å²) < 4.78 is 5.43. The van der Waals surface area contributed by atoms with Crippen molar-refractivity contribution in [3.05, 3.63) is 54.1 Å². The minimum Gasteiger partial charge on any atom is -0.427 e. The summed E-state index contributed by atoms with van der Waals surface area (Å²) >= 11 is 0. The molecule has 0 N–H and O–H groups in total. The van der Waals surface area contributed by atoms with E-state index in [0.29, 0.717) is 12.2 Å². The highest BCUT2D eigenvalue weighted by Gasteiger charge is 2.22. The Balaban J connectivity index is 1.34. The maximum absolute atomic E-state index is 11.8. The second kappa shape index (κ2) is 16.6. The molecule has 0 unspecified atom stereocenters. The number of hydrogen-bond acceptors (Lipinski definition) is 2. The first-order chi connectivity index (χ1) is 17.7. The lowest BCUT2D eigenvalue weighted by Crippen LogP contribution is -2.13. The number of carbonyl (C=O) groups is 1. The molecule has 1 fully saturated rings. The summed E-state index contributed by atoms with van der Waals surface area (Å²) in [6.45, 7) is 4.37. The Labute approximate surface area is 221 Å². The van der Waals surface area contributed by atoms with Crippen molar-refractivity contribution in [3.63, 3.8) is 0 Å². The number of esters is 1. The van der Waals surface area contributed by atoms with Crippen LogP contribution in [0.5, 0.6) is 5.75 Å². The van der Waals surface area contributed by atoms with Gasteiger partial charge < -0.3 is 4.74 Å². The first kappa shape index (κ1) is 28.5. The summed E-state index contributed by atoms with van der Waals surface area (Å²) in [5, 5.41) is 0. The Bertz CT molecular complexity index is 844. The fourth-order valence-corrected chi connectivity index (χ4v) is 5.69. The van der Waals surface area contributed by atoms with Crippen LogP contribution in [0.4, 0.5) is 0 Å². The molecule has 0 atom stereocenters. The lowest BCUT2D eigenvalue weighted by molar-refractivity contribution is -0.134. The third-order valence-corrected chi connectivity index (χ3v) is 8.10. The number of benzene rings is 2. The predicted octanol–water partition coefficient (Wildman–Crippen LogP) is 10.6. The zero-order valence-corrected chi connectivity index (χ0v) is 23.1. The van der Waals surface area contributed by atoms with E-state index in [-0.39, 0.29) is 5.97 Å². The summed E-state index contributed by atoms with van der Waals surface area (Å²) in [6, 6.07) is 17.1. The first-order valence-electron chi connectivity index (χ1n) is 15.1. The fraction of sp³-hybridized carbons (Fsp3) is 0.618. The van der Waals surface area contributed by atoms with Crippen LogP contribution in [0.15, 0.2) is 48.5 Å². The highest BCUT2D eigenvalue weighted by Crippen LogP contribution is 2.38. The van der Waals surface area contributed by atoms with Crippen LogP contribution in [-0.2, 0) is 4.79 Å². The van der Waals surface area contributed by atoms with Gasteiger partial charge in [-0.05, 0) is 72.8 Å². The standard InChI is InChI=1S/C34H50O2/c1-3-5-7-8-9-10-11-12-13-14-28-16-18-29(19-17-28)30-20-22-31(23-21-30)32-24-26-33(27-25-32)36-34(35)15-6-4-2/h20-29H,3-19H2,1-2H3. The van der Waals surface area contributed by atoms with E-state index in [1.807, 2.05) is 12.1 Å². The monoisotopic (exact) mass is 490 g/mol. The van der Waals surface area contributed by atoms with E-state index in [1.165, 1.54) is 107 Å². The molecule has 1 aliphatic carbocycles. The summed E-state index contributed by atoms with van der Waals surface area (Å²) in [6.07, 6.45) is 22.2. The van der Waals surface area contributed by atoms with Crippen LogP contribution < -0.4 is 4.74 Å². The molecule has 2 heteroatoms. The summed E-state index contributed by atoms with van der Waals surface area (Å²) in [5.74, 6) is 2.18. The normalized spacial score (nSPS) is 17.7. The molecular formula is C34H50O2. The Morgan fingerprint density at radius 3 is 1.78 bits per heavy atom. The number of unbranched alkanes of at least 4 members (excludes halogenated alkanes) is 9. The second-order valence-electron chi connectivity index (χ2n) is 11.1. The van der Waals surface area contributed by atoms with Gasteiger partial charge >= 0.3 is 5.97 Å². The van der Waals surface area contributed by atoms with Crippen molar-refractivity contribution < 1.29 is 9.53 Å². The lowest BCUT2D eigenvalue weighted by atomic mass is 9.77. The van der Waals surface area contributed by atoms with Crippen molar-refractivity contribution in [1.82, 2.24) is 0 Å². The summed E-state index contributed by atoms with van der Waals surface area (Å²) in [5.41, 5.74) is 3.89. The predicted molar refractivity (Wildman–Crippen MR) is 154 cm³/mol. The zero-order valence-electron chi connectivity index (χ0n) is 23.1. The smallest absolute Gasteiger partial charge is 0.311 e. The van der Waals surface area contributed by atoms with Gasteiger partial charge in [-0.15, -0.1) is 0 Å². The highest BCUT2D eigenvalue weighted by atomic mass is 16.5. The molecule has 2 aromatic rings. The molecule has 0 spiro atoms. The third kappa shape index (κ3) is 10.1. The van der Waals surface area contributed by atoms with E-state index < -0.39 is 0 Å². The van der Waals surface area contributed by atoms with Gasteiger partial charge in [0.25, 0.3) is 0 Å². The molecule has 0 amide bonds. The second-order valence-corrected chi connectivity index (χ2v) is 11.1. The average molecular weight is 491 g/mol. The van der Waals surface area contributed by atoms with Crippen molar-refractivity contribution >= 4 is 5.97 Å². The van der Waals surface area contributed by atoms with Crippen LogP contribution in [0.25, 0.3) is 11.1 Å². The summed E-state index contributed by atoms with van der Waals surface area (Å²) in [4.78, 5) is 11.8. The number of rotatable bonds is 16. The van der Waals surface area contributed by atoms with E-state index in [9.17, 15) is 4.79 Å². The summed E-state index contributed by atoms with van der Waals surface area (Å²) in [7, 11) is 0. The highest BCUT2D eigenvalue weighted by molar-refractivity contribution is 5.73. The topological polar surface area (TPSA) is 26.3 Å². The van der Waals surface area contributed by atoms with Crippen LogP contribution in [0.3, 0.4) is 0 Å². The molecular weight excluding hydrogens is 440 g/mol. The molecule has 0 saturated heterocycles. The van der Waals surface area contributed by atoms with Gasteiger partial charge in [-0.1, -0.05) is 121 Å². The molecule has 1 saturated carbocycles. The lowest BCUT2D eigenvalue weighted by Gasteiger charge is -2.29. The van der Waals surface area contributed by atoms with Crippen molar-refractivity contribution in [3.8, 4) is 16.9 Å². The van der Waals surface area contributed by atoms with Crippen LogP contribution in [-0.4, -0.2) is 5.97 Å². The molecule has 0 aliphatic heterocycles. The first-order valence-corrected chi connectivity index (χ1v) is 15.1. The van der Waals surface area contributed by atoms with E-state index in [4.69, 9.17) is 4.74 Å². The molecule has 3 rings (SSSR count). The SMILES string of the molecule is CCCCCCCCCCCC1CCC(c2ccc(-c3ccc(OC(=O)CCCC)cc3)cc2)CC1. The number of carbonyl (C=O) groups excluding carboxylic acids is 1. The average Bonchev–Trinajstić information content (AvgIpc) is 2.92. The molecule has 0 heterocycles. The Hall–Kier alpha value is -2.09. The van der Waals surface area contributed by atoms with Gasteiger partial charge in [0, 0.05) is 6.42 Å². The van der Waals surface area contributed by atoms with Gasteiger partial charge in [-0.3, -0.25) is 4.79 Å². The van der Waals surface area contributed by atoms with Crippen LogP contribution in [0, 0.1) is 5.92 Å². The Morgan fingerprint density at radius 2 is 1.19 bits per heavy atom. The van der Waals surface area contributed by atoms with Crippen molar-refractivity contribution in [2.24, 2.45) is 5.92 Å². The van der Waals surface area contributed by atoms with Gasteiger partial charge in [0.2, 0.25) is 0 Å². The van der Waals surface area contributed by atoms with E-state index in [0.717, 1.165) is 24.7 Å². The maximum Gasteiger partial charge on any atom is 0.311 e. The van der Waals surface area contributed by atoms with Crippen LogP contribution >= 0.6 is 0 Å². The molecule has 0 radical (unpaired) electrons. The molecule has 36 heavy (non-hydrogen) atoms. The quantitative estimate of drug-likeness (QED) is 0.133. The van der Waals surface area contributed by atoms with E-state index in [1.54, 1.807) is 0 Å². The Morgan fingerprint density at radius 1 is 0.667 bits per heavy atom. The molecule has 198 valence electrons. The molecule has 0 aromatic heterocycles. The van der Waals surface area contributed by atoms with Gasteiger partial charge in [-0.25, -0.2) is 0 Å².